The van der Waals surface area contributed by atoms with Crippen LogP contribution in [-0.2, 0) is 6.42 Å². The van der Waals surface area contributed by atoms with E-state index in [-0.39, 0.29) is 0 Å². The maximum absolute atomic E-state index is 5.36. The second-order valence-corrected chi connectivity index (χ2v) is 4.53. The van der Waals surface area contributed by atoms with Crippen LogP contribution in [0, 0.1) is 6.92 Å². The predicted molar refractivity (Wildman–Crippen MR) is 66.7 cm³/mol. The fraction of sp³-hybridized carbons (Fsp3) is 0.333. The van der Waals surface area contributed by atoms with E-state index in [1.54, 1.807) is 7.11 Å². The summed E-state index contributed by atoms with van der Waals surface area (Å²) in [5.74, 6) is 0.891. The van der Waals surface area contributed by atoms with Gasteiger partial charge in [-0.05, 0) is 31.0 Å². The molecule has 0 saturated heterocycles. The molecule has 0 bridgehead atoms. The minimum Gasteiger partial charge on any atom is -0.495 e. The van der Waals surface area contributed by atoms with E-state index in [1.807, 2.05) is 6.07 Å². The van der Waals surface area contributed by atoms with Gasteiger partial charge in [0, 0.05) is 15.6 Å². The van der Waals surface area contributed by atoms with Crippen molar-refractivity contribution in [3.8, 4) is 5.75 Å². The Kier molecular flexibility index (Phi) is 2.74. The van der Waals surface area contributed by atoms with Gasteiger partial charge < -0.3 is 9.72 Å². The molecule has 2 rings (SSSR count). The molecule has 0 radical (unpaired) electrons. The van der Waals surface area contributed by atoms with E-state index in [2.05, 4.69) is 40.8 Å². The lowest BCUT2D eigenvalue weighted by Gasteiger charge is -2.02. The number of aryl methyl sites for hydroxylation is 2. The Morgan fingerprint density at radius 2 is 2.13 bits per heavy atom. The topological polar surface area (TPSA) is 25.0 Å². The first-order valence-electron chi connectivity index (χ1n) is 5.02. The summed E-state index contributed by atoms with van der Waals surface area (Å²) in [6.45, 7) is 4.29. The zero-order chi connectivity index (χ0) is 11.0. The number of rotatable bonds is 2. The second-order valence-electron chi connectivity index (χ2n) is 3.61. The third-order valence-electron chi connectivity index (χ3n) is 2.77. The van der Waals surface area contributed by atoms with Crippen molar-refractivity contribution in [2.75, 3.05) is 7.11 Å². The van der Waals surface area contributed by atoms with Crippen molar-refractivity contribution < 1.29 is 4.74 Å². The number of methoxy groups -OCH3 is 1. The molecule has 0 aliphatic carbocycles. The van der Waals surface area contributed by atoms with E-state index >= 15 is 0 Å². The van der Waals surface area contributed by atoms with Gasteiger partial charge in [0.15, 0.2) is 0 Å². The Morgan fingerprint density at radius 3 is 2.73 bits per heavy atom. The van der Waals surface area contributed by atoms with Crippen molar-refractivity contribution >= 4 is 26.8 Å². The summed E-state index contributed by atoms with van der Waals surface area (Å²) >= 11 is 3.50. The van der Waals surface area contributed by atoms with E-state index in [0.29, 0.717) is 0 Å². The number of halogens is 1. The van der Waals surface area contributed by atoms with E-state index < -0.39 is 0 Å². The van der Waals surface area contributed by atoms with E-state index in [9.17, 15) is 0 Å². The average molecular weight is 268 g/mol. The Labute approximate surface area is 97.8 Å². The van der Waals surface area contributed by atoms with Crippen LogP contribution in [0.25, 0.3) is 10.9 Å². The fourth-order valence-electron chi connectivity index (χ4n) is 1.93. The van der Waals surface area contributed by atoms with Crippen LogP contribution in [0.4, 0.5) is 0 Å². The summed E-state index contributed by atoms with van der Waals surface area (Å²) in [6.07, 6.45) is 1.02. The first-order chi connectivity index (χ1) is 7.17. The number of hydrogen-bond donors (Lipinski definition) is 1. The van der Waals surface area contributed by atoms with Crippen LogP contribution in [0.2, 0.25) is 0 Å². The zero-order valence-corrected chi connectivity index (χ0v) is 10.7. The number of aromatic nitrogens is 1. The van der Waals surface area contributed by atoms with E-state index in [1.165, 1.54) is 16.6 Å². The molecule has 2 nitrogen and oxygen atoms in total. The molecule has 0 spiro atoms. The highest BCUT2D eigenvalue weighted by molar-refractivity contribution is 9.10. The molecule has 1 aromatic heterocycles. The number of H-pyrrole nitrogens is 1. The lowest BCUT2D eigenvalue weighted by atomic mass is 10.1. The van der Waals surface area contributed by atoms with E-state index in [4.69, 9.17) is 4.74 Å². The van der Waals surface area contributed by atoms with Gasteiger partial charge in [-0.1, -0.05) is 22.9 Å². The molecule has 1 N–H and O–H groups in total. The number of fused-ring (bicyclic) bond motifs is 1. The fourth-order valence-corrected chi connectivity index (χ4v) is 2.37. The maximum Gasteiger partial charge on any atom is 0.144 e. The minimum atomic E-state index is 0.891. The summed E-state index contributed by atoms with van der Waals surface area (Å²) in [4.78, 5) is 3.41. The minimum absolute atomic E-state index is 0.891. The Balaban J connectivity index is 2.81. The second kappa shape index (κ2) is 3.89. The van der Waals surface area contributed by atoms with Gasteiger partial charge in [-0.15, -0.1) is 0 Å². The number of ether oxygens (including phenoxy) is 1. The van der Waals surface area contributed by atoms with Crippen molar-refractivity contribution in [1.82, 2.24) is 4.98 Å². The normalized spacial score (nSPS) is 10.9. The van der Waals surface area contributed by atoms with Crippen LogP contribution in [0.1, 0.15) is 18.2 Å². The maximum atomic E-state index is 5.36. The van der Waals surface area contributed by atoms with Crippen LogP contribution < -0.4 is 4.74 Å². The largest absolute Gasteiger partial charge is 0.495 e. The average Bonchev–Trinajstić information content (AvgIpc) is 2.55. The highest BCUT2D eigenvalue weighted by Gasteiger charge is 2.11. The molecule has 1 aromatic carbocycles. The van der Waals surface area contributed by atoms with Crippen LogP contribution >= 0.6 is 15.9 Å². The number of nitrogens with one attached hydrogen (secondary N) is 1. The van der Waals surface area contributed by atoms with Crippen molar-refractivity contribution in [2.45, 2.75) is 20.3 Å². The van der Waals surface area contributed by atoms with Gasteiger partial charge >= 0.3 is 0 Å². The van der Waals surface area contributed by atoms with Crippen molar-refractivity contribution in [2.24, 2.45) is 0 Å². The van der Waals surface area contributed by atoms with Gasteiger partial charge in [-0.3, -0.25) is 0 Å². The first-order valence-corrected chi connectivity index (χ1v) is 5.81. The molecule has 2 aromatic rings. The van der Waals surface area contributed by atoms with Gasteiger partial charge in [0.05, 0.1) is 12.6 Å². The molecule has 0 atom stereocenters. The van der Waals surface area contributed by atoms with Gasteiger partial charge in [-0.2, -0.15) is 0 Å². The Bertz CT molecular complexity index is 502. The summed E-state index contributed by atoms with van der Waals surface area (Å²) in [5, 5.41) is 1.23. The van der Waals surface area contributed by atoms with Crippen molar-refractivity contribution in [3.05, 3.63) is 27.9 Å². The quantitative estimate of drug-likeness (QED) is 0.880. The standard InChI is InChI=1S/C12H14BrNO/c1-4-10-7(2)9-5-8(13)6-11(15-3)12(9)14-10/h5-6,14H,4H2,1-3H3. The molecule has 0 saturated carbocycles. The molecule has 80 valence electrons. The Morgan fingerprint density at radius 1 is 1.40 bits per heavy atom. The smallest absolute Gasteiger partial charge is 0.144 e. The van der Waals surface area contributed by atoms with Gasteiger partial charge in [-0.25, -0.2) is 0 Å². The summed E-state index contributed by atoms with van der Waals surface area (Å²) in [7, 11) is 1.70. The third kappa shape index (κ3) is 1.65. The predicted octanol–water partition coefficient (Wildman–Crippen LogP) is 3.81. The summed E-state index contributed by atoms with van der Waals surface area (Å²) in [5.41, 5.74) is 3.68. The lowest BCUT2D eigenvalue weighted by molar-refractivity contribution is 0.418. The Hall–Kier alpha value is -0.960. The highest BCUT2D eigenvalue weighted by atomic mass is 79.9. The number of aromatic amines is 1. The van der Waals surface area contributed by atoms with Crippen LogP contribution in [0.5, 0.6) is 5.75 Å². The van der Waals surface area contributed by atoms with Crippen molar-refractivity contribution in [1.29, 1.82) is 0 Å². The van der Waals surface area contributed by atoms with Crippen LogP contribution in [-0.4, -0.2) is 12.1 Å². The molecule has 0 aliphatic heterocycles. The van der Waals surface area contributed by atoms with Crippen molar-refractivity contribution in [3.63, 3.8) is 0 Å². The van der Waals surface area contributed by atoms with Crippen LogP contribution in [0.15, 0.2) is 16.6 Å². The first kappa shape index (κ1) is 10.6. The monoisotopic (exact) mass is 267 g/mol. The van der Waals surface area contributed by atoms with Crippen LogP contribution in [0.3, 0.4) is 0 Å². The highest BCUT2D eigenvalue weighted by Crippen LogP contribution is 2.33. The summed E-state index contributed by atoms with van der Waals surface area (Å²) < 4.78 is 6.41. The van der Waals surface area contributed by atoms with Gasteiger partial charge in [0.2, 0.25) is 0 Å². The molecular formula is C12H14BrNO. The molecule has 0 fully saturated rings. The molecular weight excluding hydrogens is 254 g/mol. The molecule has 1 heterocycles. The zero-order valence-electron chi connectivity index (χ0n) is 9.15. The third-order valence-corrected chi connectivity index (χ3v) is 3.23. The van der Waals surface area contributed by atoms with E-state index in [0.717, 1.165) is 22.2 Å². The number of benzene rings is 1. The molecule has 3 heteroatoms. The summed E-state index contributed by atoms with van der Waals surface area (Å²) in [6, 6.07) is 4.11. The molecule has 0 aliphatic rings. The molecule has 0 unspecified atom stereocenters. The van der Waals surface area contributed by atoms with Gasteiger partial charge in [0.1, 0.15) is 5.75 Å². The van der Waals surface area contributed by atoms with Gasteiger partial charge in [0.25, 0.3) is 0 Å². The molecule has 15 heavy (non-hydrogen) atoms. The lowest BCUT2D eigenvalue weighted by Crippen LogP contribution is -1.84. The number of hydrogen-bond acceptors (Lipinski definition) is 1. The molecule has 0 amide bonds. The SMILES string of the molecule is CCc1[nH]c2c(OC)cc(Br)cc2c1C.